The lowest BCUT2D eigenvalue weighted by Crippen LogP contribution is -2.10. The van der Waals surface area contributed by atoms with Gasteiger partial charge in [-0.25, -0.2) is 8.78 Å². The number of rotatable bonds is 5. The molecule has 0 fully saturated rings. The van der Waals surface area contributed by atoms with Crippen molar-refractivity contribution in [2.45, 2.75) is 26.4 Å². The van der Waals surface area contributed by atoms with Gasteiger partial charge in [0, 0.05) is 37.1 Å². The molecule has 0 atom stereocenters. The van der Waals surface area contributed by atoms with Crippen LogP contribution in [0.25, 0.3) is 0 Å². The fourth-order valence-electron chi connectivity index (χ4n) is 1.67. The Bertz CT molecular complexity index is 517. The summed E-state index contributed by atoms with van der Waals surface area (Å²) in [6.45, 7) is 1.94. The second-order valence-electron chi connectivity index (χ2n) is 4.06. The van der Waals surface area contributed by atoms with Gasteiger partial charge in [-0.1, -0.05) is 0 Å². The Morgan fingerprint density at radius 3 is 2.83 bits per heavy atom. The molecule has 0 aliphatic carbocycles. The van der Waals surface area contributed by atoms with E-state index in [1.807, 2.05) is 19.3 Å². The average Bonchev–Trinajstić information content (AvgIpc) is 2.85. The lowest BCUT2D eigenvalue weighted by Gasteiger charge is -2.05. The Balaban J connectivity index is 1.99. The average molecular weight is 255 g/mol. The highest BCUT2D eigenvalue weighted by atomic mass is 19.3. The van der Waals surface area contributed by atoms with Crippen LogP contribution in [0.4, 0.5) is 14.6 Å². The molecule has 0 radical (unpaired) electrons. The zero-order chi connectivity index (χ0) is 13.1. The standard InChI is InChI=1S/C11H15F2N5/c1-8-9(6-15-18(8)7-10(12)13)5-14-11-3-4-17(2)16-11/h3-4,6,10H,5,7H2,1-2H3,(H,14,16). The van der Waals surface area contributed by atoms with Gasteiger partial charge in [0.1, 0.15) is 12.4 Å². The third-order valence-corrected chi connectivity index (χ3v) is 2.69. The van der Waals surface area contributed by atoms with Gasteiger partial charge in [0.25, 0.3) is 6.43 Å². The maximum atomic E-state index is 12.3. The Morgan fingerprint density at radius 1 is 1.44 bits per heavy atom. The minimum atomic E-state index is -2.39. The van der Waals surface area contributed by atoms with Crippen molar-refractivity contribution in [1.29, 1.82) is 0 Å². The van der Waals surface area contributed by atoms with E-state index in [1.54, 1.807) is 17.8 Å². The van der Waals surface area contributed by atoms with E-state index in [0.29, 0.717) is 6.54 Å². The molecule has 0 unspecified atom stereocenters. The van der Waals surface area contributed by atoms with Crippen molar-refractivity contribution < 1.29 is 8.78 Å². The first-order chi connectivity index (χ1) is 8.56. The van der Waals surface area contributed by atoms with Crippen LogP contribution in [0.3, 0.4) is 0 Å². The first-order valence-corrected chi connectivity index (χ1v) is 5.59. The summed E-state index contributed by atoms with van der Waals surface area (Å²) in [4.78, 5) is 0. The van der Waals surface area contributed by atoms with E-state index in [1.165, 1.54) is 4.68 Å². The quantitative estimate of drug-likeness (QED) is 0.886. The van der Waals surface area contributed by atoms with Crippen LogP contribution in [0, 0.1) is 6.92 Å². The van der Waals surface area contributed by atoms with Crippen LogP contribution in [0.15, 0.2) is 18.5 Å². The maximum Gasteiger partial charge on any atom is 0.257 e. The smallest absolute Gasteiger partial charge is 0.257 e. The summed E-state index contributed by atoms with van der Waals surface area (Å²) in [7, 11) is 1.83. The molecule has 0 saturated carbocycles. The van der Waals surface area contributed by atoms with Gasteiger partial charge in [-0.15, -0.1) is 0 Å². The molecule has 2 rings (SSSR count). The Hall–Kier alpha value is -1.92. The molecular formula is C11H15F2N5. The van der Waals surface area contributed by atoms with Crippen LogP contribution in [0.2, 0.25) is 0 Å². The molecule has 5 nitrogen and oxygen atoms in total. The van der Waals surface area contributed by atoms with E-state index in [9.17, 15) is 8.78 Å². The number of nitrogens with one attached hydrogen (secondary N) is 1. The van der Waals surface area contributed by atoms with Crippen LogP contribution < -0.4 is 5.32 Å². The second-order valence-corrected chi connectivity index (χ2v) is 4.06. The zero-order valence-electron chi connectivity index (χ0n) is 10.3. The molecule has 2 aromatic rings. The molecular weight excluding hydrogens is 240 g/mol. The fourth-order valence-corrected chi connectivity index (χ4v) is 1.67. The molecule has 0 amide bonds. The third-order valence-electron chi connectivity index (χ3n) is 2.69. The SMILES string of the molecule is Cc1c(CNc2ccn(C)n2)cnn1CC(F)F. The highest BCUT2D eigenvalue weighted by Crippen LogP contribution is 2.11. The van der Waals surface area contributed by atoms with Gasteiger partial charge >= 0.3 is 0 Å². The molecule has 0 spiro atoms. The van der Waals surface area contributed by atoms with Crippen molar-refractivity contribution in [3.8, 4) is 0 Å². The molecule has 98 valence electrons. The lowest BCUT2D eigenvalue weighted by molar-refractivity contribution is 0.121. The van der Waals surface area contributed by atoms with E-state index in [0.717, 1.165) is 17.1 Å². The van der Waals surface area contributed by atoms with Crippen LogP contribution >= 0.6 is 0 Å². The van der Waals surface area contributed by atoms with Gasteiger partial charge in [-0.2, -0.15) is 10.2 Å². The van der Waals surface area contributed by atoms with Crippen molar-refractivity contribution in [3.63, 3.8) is 0 Å². The van der Waals surface area contributed by atoms with Crippen LogP contribution in [0.5, 0.6) is 0 Å². The predicted octanol–water partition coefficient (Wildman–Crippen LogP) is 1.80. The molecule has 1 N–H and O–H groups in total. The third kappa shape index (κ3) is 2.85. The van der Waals surface area contributed by atoms with Gasteiger partial charge < -0.3 is 5.32 Å². The Morgan fingerprint density at radius 2 is 2.22 bits per heavy atom. The number of alkyl halides is 2. The molecule has 2 aromatic heterocycles. The van der Waals surface area contributed by atoms with E-state index >= 15 is 0 Å². The molecule has 0 bridgehead atoms. The van der Waals surface area contributed by atoms with Crippen LogP contribution in [-0.4, -0.2) is 26.0 Å². The molecule has 0 aromatic carbocycles. The summed E-state index contributed by atoms with van der Waals surface area (Å²) in [6, 6.07) is 1.85. The lowest BCUT2D eigenvalue weighted by atomic mass is 10.2. The van der Waals surface area contributed by atoms with Gasteiger partial charge in [0.15, 0.2) is 0 Å². The van der Waals surface area contributed by atoms with Crippen molar-refractivity contribution >= 4 is 5.82 Å². The van der Waals surface area contributed by atoms with E-state index in [4.69, 9.17) is 0 Å². The molecule has 18 heavy (non-hydrogen) atoms. The summed E-state index contributed by atoms with van der Waals surface area (Å²) in [5.74, 6) is 0.749. The monoisotopic (exact) mass is 255 g/mol. The number of aromatic nitrogens is 4. The summed E-state index contributed by atoms with van der Waals surface area (Å²) >= 11 is 0. The number of halogens is 2. The molecule has 7 heteroatoms. The second kappa shape index (κ2) is 5.16. The van der Waals surface area contributed by atoms with Gasteiger partial charge in [0.2, 0.25) is 0 Å². The highest BCUT2D eigenvalue weighted by molar-refractivity contribution is 5.34. The van der Waals surface area contributed by atoms with Crippen molar-refractivity contribution in [3.05, 3.63) is 29.7 Å². The van der Waals surface area contributed by atoms with Gasteiger partial charge in [0.05, 0.1) is 6.20 Å². The van der Waals surface area contributed by atoms with E-state index in [2.05, 4.69) is 15.5 Å². The number of nitrogens with zero attached hydrogens (tertiary/aromatic N) is 4. The number of hydrogen-bond donors (Lipinski definition) is 1. The summed E-state index contributed by atoms with van der Waals surface area (Å²) < 4.78 is 27.6. The van der Waals surface area contributed by atoms with Gasteiger partial charge in [-0.3, -0.25) is 9.36 Å². The molecule has 2 heterocycles. The minimum absolute atomic E-state index is 0.366. The normalized spacial score (nSPS) is 11.2. The largest absolute Gasteiger partial charge is 0.364 e. The highest BCUT2D eigenvalue weighted by Gasteiger charge is 2.10. The first kappa shape index (κ1) is 12.5. The maximum absolute atomic E-state index is 12.3. The van der Waals surface area contributed by atoms with Crippen molar-refractivity contribution in [2.24, 2.45) is 7.05 Å². The van der Waals surface area contributed by atoms with Crippen molar-refractivity contribution in [1.82, 2.24) is 19.6 Å². The van der Waals surface area contributed by atoms with E-state index in [-0.39, 0.29) is 6.54 Å². The number of hydrogen-bond acceptors (Lipinski definition) is 3. The predicted molar refractivity (Wildman–Crippen MR) is 63.5 cm³/mol. The fraction of sp³-hybridized carbons (Fsp3) is 0.455. The Labute approximate surface area is 103 Å². The molecule has 0 aliphatic heterocycles. The summed E-state index contributed by atoms with van der Waals surface area (Å²) in [5, 5.41) is 11.2. The van der Waals surface area contributed by atoms with Crippen LogP contribution in [-0.2, 0) is 20.1 Å². The minimum Gasteiger partial charge on any atom is -0.364 e. The number of anilines is 1. The van der Waals surface area contributed by atoms with Gasteiger partial charge in [-0.05, 0) is 6.92 Å². The zero-order valence-corrected chi connectivity index (χ0v) is 10.3. The molecule has 0 aliphatic rings. The number of aryl methyl sites for hydroxylation is 1. The topological polar surface area (TPSA) is 47.7 Å². The summed E-state index contributed by atoms with van der Waals surface area (Å²) in [6.07, 6.45) is 1.04. The first-order valence-electron chi connectivity index (χ1n) is 5.59. The summed E-state index contributed by atoms with van der Waals surface area (Å²) in [5.41, 5.74) is 1.64. The van der Waals surface area contributed by atoms with E-state index < -0.39 is 6.43 Å². The van der Waals surface area contributed by atoms with Crippen molar-refractivity contribution in [2.75, 3.05) is 5.32 Å². The Kier molecular flexibility index (Phi) is 3.59. The molecule has 0 saturated heterocycles. The van der Waals surface area contributed by atoms with Crippen LogP contribution in [0.1, 0.15) is 11.3 Å².